The van der Waals surface area contributed by atoms with Gasteiger partial charge in [0.05, 0.1) is 0 Å². The second kappa shape index (κ2) is 5.14. The summed E-state index contributed by atoms with van der Waals surface area (Å²) in [6, 6.07) is 6.91. The molecule has 0 aliphatic heterocycles. The number of nitrogens with zero attached hydrogens (tertiary/aromatic N) is 1. The molecule has 1 heterocycles. The number of halogens is 2. The smallest absolute Gasteiger partial charge is 0.136 e. The lowest BCUT2D eigenvalue weighted by Gasteiger charge is -2.04. The maximum Gasteiger partial charge on any atom is 0.136 e. The van der Waals surface area contributed by atoms with Gasteiger partial charge in [-0.15, -0.1) is 11.8 Å². The first kappa shape index (κ1) is 11.9. The van der Waals surface area contributed by atoms with Gasteiger partial charge in [0.2, 0.25) is 0 Å². The van der Waals surface area contributed by atoms with Gasteiger partial charge in [0.1, 0.15) is 17.5 Å². The van der Waals surface area contributed by atoms with Gasteiger partial charge in [-0.05, 0) is 35.9 Å². The minimum absolute atomic E-state index is 0.292. The Morgan fingerprint density at radius 2 is 2.00 bits per heavy atom. The molecule has 0 radical (unpaired) electrons. The summed E-state index contributed by atoms with van der Waals surface area (Å²) in [5.74, 6) is 0.0805. The van der Waals surface area contributed by atoms with Gasteiger partial charge in [0.25, 0.3) is 0 Å². The average molecular weight is 252 g/mol. The highest BCUT2D eigenvalue weighted by Gasteiger charge is 2.05. The van der Waals surface area contributed by atoms with Crippen molar-refractivity contribution in [3.8, 4) is 0 Å². The molecule has 2 aromatic rings. The van der Waals surface area contributed by atoms with Gasteiger partial charge in [-0.2, -0.15) is 0 Å². The number of nitrogens with two attached hydrogens (primary N) is 1. The zero-order valence-electron chi connectivity index (χ0n) is 8.86. The van der Waals surface area contributed by atoms with Crippen LogP contribution in [0.2, 0.25) is 0 Å². The van der Waals surface area contributed by atoms with E-state index in [1.165, 1.54) is 17.8 Å². The molecule has 88 valence electrons. The van der Waals surface area contributed by atoms with Crippen LogP contribution in [0.1, 0.15) is 5.56 Å². The van der Waals surface area contributed by atoms with Crippen molar-refractivity contribution in [2.45, 2.75) is 10.6 Å². The Morgan fingerprint density at radius 3 is 2.76 bits per heavy atom. The van der Waals surface area contributed by atoms with E-state index in [-0.39, 0.29) is 0 Å². The van der Waals surface area contributed by atoms with Crippen LogP contribution in [-0.4, -0.2) is 4.98 Å². The quantitative estimate of drug-likeness (QED) is 0.852. The van der Waals surface area contributed by atoms with Gasteiger partial charge in [-0.3, -0.25) is 0 Å². The first-order valence-corrected chi connectivity index (χ1v) is 5.92. The van der Waals surface area contributed by atoms with Crippen molar-refractivity contribution in [2.24, 2.45) is 0 Å². The molecule has 17 heavy (non-hydrogen) atoms. The van der Waals surface area contributed by atoms with Crippen molar-refractivity contribution in [1.82, 2.24) is 4.98 Å². The van der Waals surface area contributed by atoms with Crippen LogP contribution in [0.15, 0.2) is 41.4 Å². The minimum Gasteiger partial charge on any atom is -0.384 e. The van der Waals surface area contributed by atoms with Gasteiger partial charge >= 0.3 is 0 Å². The third-order valence-electron chi connectivity index (χ3n) is 2.13. The van der Waals surface area contributed by atoms with Crippen LogP contribution in [-0.2, 0) is 5.75 Å². The van der Waals surface area contributed by atoms with E-state index < -0.39 is 11.6 Å². The van der Waals surface area contributed by atoms with Crippen LogP contribution in [0.25, 0.3) is 0 Å². The molecule has 0 unspecified atom stereocenters. The van der Waals surface area contributed by atoms with Gasteiger partial charge in [-0.25, -0.2) is 13.8 Å². The monoisotopic (exact) mass is 252 g/mol. The number of anilines is 1. The zero-order chi connectivity index (χ0) is 12.3. The molecule has 2 N–H and O–H groups in total. The molecular weight excluding hydrogens is 242 g/mol. The number of thioether (sulfide) groups is 1. The summed E-state index contributed by atoms with van der Waals surface area (Å²) in [7, 11) is 0. The van der Waals surface area contributed by atoms with E-state index in [1.54, 1.807) is 18.3 Å². The van der Waals surface area contributed by atoms with E-state index in [2.05, 4.69) is 4.98 Å². The topological polar surface area (TPSA) is 38.9 Å². The highest BCUT2D eigenvalue weighted by molar-refractivity contribution is 7.98. The molecule has 0 amide bonds. The molecule has 0 bridgehead atoms. The molecular formula is C12H10F2N2S. The maximum atomic E-state index is 13.3. The van der Waals surface area contributed by atoms with Crippen LogP contribution in [0, 0.1) is 11.6 Å². The van der Waals surface area contributed by atoms with E-state index in [0.717, 1.165) is 17.7 Å². The number of nitrogen functional groups attached to an aromatic ring is 1. The second-order valence-electron chi connectivity index (χ2n) is 3.45. The molecule has 1 aromatic carbocycles. The molecule has 0 aliphatic carbocycles. The van der Waals surface area contributed by atoms with E-state index in [9.17, 15) is 8.78 Å². The highest BCUT2D eigenvalue weighted by Crippen LogP contribution is 2.26. The van der Waals surface area contributed by atoms with Crippen molar-refractivity contribution < 1.29 is 8.78 Å². The third-order valence-corrected chi connectivity index (χ3v) is 3.23. The third kappa shape index (κ3) is 3.17. The fourth-order valence-corrected chi connectivity index (χ4v) is 2.24. The lowest BCUT2D eigenvalue weighted by molar-refractivity contribution is 0.577. The van der Waals surface area contributed by atoms with E-state index in [0.29, 0.717) is 16.5 Å². The molecule has 0 aliphatic rings. The molecule has 0 spiro atoms. The Hall–Kier alpha value is -1.62. The average Bonchev–Trinajstić information content (AvgIpc) is 2.30. The predicted molar refractivity (Wildman–Crippen MR) is 64.6 cm³/mol. The fourth-order valence-electron chi connectivity index (χ4n) is 1.33. The van der Waals surface area contributed by atoms with Crippen molar-refractivity contribution >= 4 is 17.6 Å². The summed E-state index contributed by atoms with van der Waals surface area (Å²) in [5.41, 5.74) is 6.45. The van der Waals surface area contributed by atoms with E-state index >= 15 is 0 Å². The number of hydrogen-bond acceptors (Lipinski definition) is 3. The van der Waals surface area contributed by atoms with E-state index in [4.69, 9.17) is 5.73 Å². The van der Waals surface area contributed by atoms with Crippen molar-refractivity contribution in [1.29, 1.82) is 0 Å². The number of benzene rings is 1. The summed E-state index contributed by atoms with van der Waals surface area (Å²) >= 11 is 1.22. The first-order chi connectivity index (χ1) is 8.15. The largest absolute Gasteiger partial charge is 0.384 e. The molecule has 2 rings (SSSR count). The maximum absolute atomic E-state index is 13.3. The molecule has 2 nitrogen and oxygen atoms in total. The van der Waals surface area contributed by atoms with Crippen molar-refractivity contribution in [3.63, 3.8) is 0 Å². The second-order valence-corrected chi connectivity index (χ2v) is 4.47. The molecule has 0 atom stereocenters. The van der Waals surface area contributed by atoms with Crippen LogP contribution >= 0.6 is 11.8 Å². The van der Waals surface area contributed by atoms with Crippen molar-refractivity contribution in [3.05, 3.63) is 53.7 Å². The number of hydrogen-bond donors (Lipinski definition) is 1. The standard InChI is InChI=1S/C12H10F2N2S/c13-9-1-2-10(14)11(6-9)17-7-8-3-4-16-12(15)5-8/h1-6H,7H2,(H2,15,16). The van der Waals surface area contributed by atoms with Crippen LogP contribution in [0.5, 0.6) is 0 Å². The summed E-state index contributed by atoms with van der Waals surface area (Å²) in [5, 5.41) is 0. The molecule has 0 saturated heterocycles. The van der Waals surface area contributed by atoms with Crippen LogP contribution in [0.4, 0.5) is 14.6 Å². The Morgan fingerprint density at radius 1 is 1.18 bits per heavy atom. The summed E-state index contributed by atoms with van der Waals surface area (Å²) in [6.07, 6.45) is 1.59. The lowest BCUT2D eigenvalue weighted by Crippen LogP contribution is -1.91. The summed E-state index contributed by atoms with van der Waals surface area (Å²) < 4.78 is 26.3. The van der Waals surface area contributed by atoms with E-state index in [1.807, 2.05) is 0 Å². The summed E-state index contributed by atoms with van der Waals surface area (Å²) in [4.78, 5) is 4.15. The molecule has 0 saturated carbocycles. The molecule has 0 fully saturated rings. The minimum atomic E-state index is -0.442. The van der Waals surface area contributed by atoms with Crippen LogP contribution in [0.3, 0.4) is 0 Å². The number of pyridine rings is 1. The SMILES string of the molecule is Nc1cc(CSc2cc(F)ccc2F)ccn1. The highest BCUT2D eigenvalue weighted by atomic mass is 32.2. The van der Waals surface area contributed by atoms with Gasteiger partial charge in [0.15, 0.2) is 0 Å². The Labute approximate surface area is 102 Å². The number of aromatic nitrogens is 1. The van der Waals surface area contributed by atoms with Crippen molar-refractivity contribution in [2.75, 3.05) is 5.73 Å². The fraction of sp³-hybridized carbons (Fsp3) is 0.0833. The Kier molecular flexibility index (Phi) is 3.58. The normalized spacial score (nSPS) is 10.5. The molecule has 5 heteroatoms. The molecule has 1 aromatic heterocycles. The summed E-state index contributed by atoms with van der Waals surface area (Å²) in [6.45, 7) is 0. The number of rotatable bonds is 3. The Balaban J connectivity index is 2.09. The van der Waals surface area contributed by atoms with Crippen LogP contribution < -0.4 is 5.73 Å². The first-order valence-electron chi connectivity index (χ1n) is 4.93. The zero-order valence-corrected chi connectivity index (χ0v) is 9.68. The Bertz CT molecular complexity index is 532. The van der Waals surface area contributed by atoms with Gasteiger partial charge in [0, 0.05) is 16.8 Å². The van der Waals surface area contributed by atoms with Gasteiger partial charge < -0.3 is 5.73 Å². The predicted octanol–water partition coefficient (Wildman–Crippen LogP) is 3.23. The van der Waals surface area contributed by atoms with Gasteiger partial charge in [-0.1, -0.05) is 0 Å². The lowest BCUT2D eigenvalue weighted by atomic mass is 10.3.